The van der Waals surface area contributed by atoms with Gasteiger partial charge in [-0.25, -0.2) is 0 Å². The number of carbonyl (C=O) groups excluding carboxylic acids is 2. The van der Waals surface area contributed by atoms with E-state index in [2.05, 4.69) is 22.9 Å². The molecule has 0 aliphatic rings. The Bertz CT molecular complexity index is 671. The van der Waals surface area contributed by atoms with Crippen LogP contribution in [0.2, 0.25) is 0 Å². The molecule has 0 saturated carbocycles. The number of hydrogen-bond acceptors (Lipinski definition) is 4. The van der Waals surface area contributed by atoms with E-state index in [1.54, 1.807) is 11.3 Å². The molecule has 22 heavy (non-hydrogen) atoms. The average Bonchev–Trinajstić information content (AvgIpc) is 3.05. The summed E-state index contributed by atoms with van der Waals surface area (Å²) >= 11 is 1.70. The zero-order valence-corrected chi connectivity index (χ0v) is 14.3. The minimum absolute atomic E-state index is 0.00349. The average molecular weight is 318 g/mol. The number of aromatic nitrogens is 1. The Balaban J connectivity index is 2.14. The molecule has 0 spiro atoms. The molecule has 0 atom stereocenters. The van der Waals surface area contributed by atoms with E-state index in [-0.39, 0.29) is 11.6 Å². The van der Waals surface area contributed by atoms with E-state index in [4.69, 9.17) is 0 Å². The smallest absolute Gasteiger partial charge is 0.193 e. The number of thiophene rings is 1. The maximum Gasteiger partial charge on any atom is 0.193 e. The van der Waals surface area contributed by atoms with Crippen molar-refractivity contribution < 1.29 is 9.59 Å². The van der Waals surface area contributed by atoms with E-state index in [0.717, 1.165) is 24.3 Å². The summed E-state index contributed by atoms with van der Waals surface area (Å²) in [6.45, 7) is 9.20. The molecule has 118 valence electrons. The minimum atomic E-state index is -0.00349. The van der Waals surface area contributed by atoms with Gasteiger partial charge in [-0.2, -0.15) is 0 Å². The third kappa shape index (κ3) is 3.54. The quantitative estimate of drug-likeness (QED) is 0.794. The number of Topliss-reactive ketones (excluding diaryl/α,β-unsaturated/α-hetero) is 2. The van der Waals surface area contributed by atoms with Crippen LogP contribution in [0.5, 0.6) is 0 Å². The highest BCUT2D eigenvalue weighted by Crippen LogP contribution is 2.20. The van der Waals surface area contributed by atoms with Crippen LogP contribution in [0.3, 0.4) is 0 Å². The second-order valence-corrected chi connectivity index (χ2v) is 6.52. The molecule has 4 nitrogen and oxygen atoms in total. The Labute approximate surface area is 135 Å². The Morgan fingerprint density at radius 2 is 2.05 bits per heavy atom. The van der Waals surface area contributed by atoms with Crippen LogP contribution in [-0.2, 0) is 6.54 Å². The summed E-state index contributed by atoms with van der Waals surface area (Å²) in [5.41, 5.74) is 2.74. The van der Waals surface area contributed by atoms with Crippen LogP contribution >= 0.6 is 11.3 Å². The number of nitrogens with one attached hydrogen (secondary N) is 1. The number of rotatable bonds is 7. The predicted molar refractivity (Wildman–Crippen MR) is 89.9 cm³/mol. The van der Waals surface area contributed by atoms with Gasteiger partial charge in [-0.05, 0) is 44.3 Å². The molecule has 1 N–H and O–H groups in total. The number of H-pyrrole nitrogens is 1. The summed E-state index contributed by atoms with van der Waals surface area (Å²) < 4.78 is 0. The van der Waals surface area contributed by atoms with E-state index in [1.807, 2.05) is 25.3 Å². The van der Waals surface area contributed by atoms with Crippen LogP contribution < -0.4 is 0 Å². The summed E-state index contributed by atoms with van der Waals surface area (Å²) in [6.07, 6.45) is 0. The number of aromatic amines is 1. The number of carbonyl (C=O) groups is 2. The predicted octanol–water partition coefficient (Wildman–Crippen LogP) is 3.60. The van der Waals surface area contributed by atoms with Gasteiger partial charge in [0.05, 0.1) is 12.2 Å². The molecule has 0 aliphatic carbocycles. The number of aryl methyl sites for hydroxylation is 1. The van der Waals surface area contributed by atoms with Gasteiger partial charge < -0.3 is 4.98 Å². The topological polar surface area (TPSA) is 53.2 Å². The Morgan fingerprint density at radius 3 is 2.55 bits per heavy atom. The lowest BCUT2D eigenvalue weighted by Gasteiger charge is -2.18. The summed E-state index contributed by atoms with van der Waals surface area (Å²) in [6, 6.07) is 4.10. The Kier molecular flexibility index (Phi) is 5.32. The van der Waals surface area contributed by atoms with Gasteiger partial charge in [-0.15, -0.1) is 11.3 Å². The maximum absolute atomic E-state index is 12.6. The highest BCUT2D eigenvalue weighted by Gasteiger charge is 2.21. The maximum atomic E-state index is 12.6. The molecule has 2 heterocycles. The van der Waals surface area contributed by atoms with E-state index < -0.39 is 0 Å². The van der Waals surface area contributed by atoms with Crippen molar-refractivity contribution in [3.05, 3.63) is 44.9 Å². The van der Waals surface area contributed by atoms with Gasteiger partial charge in [0.15, 0.2) is 11.6 Å². The molecule has 0 saturated heterocycles. The second kappa shape index (κ2) is 7.03. The normalized spacial score (nSPS) is 11.1. The van der Waals surface area contributed by atoms with Crippen LogP contribution in [0, 0.1) is 13.8 Å². The third-order valence-corrected chi connectivity index (χ3v) is 4.70. The lowest BCUT2D eigenvalue weighted by molar-refractivity contribution is 0.0925. The summed E-state index contributed by atoms with van der Waals surface area (Å²) in [5, 5.41) is 2.04. The molecule has 0 fully saturated rings. The van der Waals surface area contributed by atoms with E-state index in [1.165, 1.54) is 11.8 Å². The second-order valence-electron chi connectivity index (χ2n) is 5.49. The monoisotopic (exact) mass is 318 g/mol. The SMILES string of the molecule is CCN(CC(=O)c1[nH]c(C)c(C(C)=O)c1C)Cc1cccs1. The molecule has 0 bridgehead atoms. The summed E-state index contributed by atoms with van der Waals surface area (Å²) in [5.74, 6) is 0.0303. The number of hydrogen-bond donors (Lipinski definition) is 1. The first-order valence-electron chi connectivity index (χ1n) is 7.42. The van der Waals surface area contributed by atoms with E-state index >= 15 is 0 Å². The largest absolute Gasteiger partial charge is 0.355 e. The first-order chi connectivity index (χ1) is 10.4. The van der Waals surface area contributed by atoms with Crippen molar-refractivity contribution in [3.63, 3.8) is 0 Å². The number of ketones is 2. The van der Waals surface area contributed by atoms with Crippen molar-refractivity contribution in [2.75, 3.05) is 13.1 Å². The Morgan fingerprint density at radius 1 is 1.32 bits per heavy atom. The van der Waals surface area contributed by atoms with Gasteiger partial charge in [0.25, 0.3) is 0 Å². The molecule has 2 rings (SSSR count). The first kappa shape index (κ1) is 16.6. The molecule has 2 aromatic heterocycles. The van der Waals surface area contributed by atoms with Crippen molar-refractivity contribution in [1.29, 1.82) is 0 Å². The van der Waals surface area contributed by atoms with Crippen molar-refractivity contribution in [2.45, 2.75) is 34.2 Å². The van der Waals surface area contributed by atoms with Crippen molar-refractivity contribution >= 4 is 22.9 Å². The summed E-state index contributed by atoms with van der Waals surface area (Å²) in [7, 11) is 0. The van der Waals surface area contributed by atoms with Gasteiger partial charge in [0.2, 0.25) is 0 Å². The molecule has 0 aromatic carbocycles. The van der Waals surface area contributed by atoms with Gasteiger partial charge >= 0.3 is 0 Å². The third-order valence-electron chi connectivity index (χ3n) is 3.84. The lowest BCUT2D eigenvalue weighted by atomic mass is 10.1. The molecule has 0 amide bonds. The molecule has 5 heteroatoms. The number of nitrogens with zero attached hydrogens (tertiary/aromatic N) is 1. The molecular weight excluding hydrogens is 296 g/mol. The molecule has 0 radical (unpaired) electrons. The van der Waals surface area contributed by atoms with E-state index in [0.29, 0.717) is 17.8 Å². The zero-order chi connectivity index (χ0) is 16.3. The molecule has 0 aliphatic heterocycles. The standard InChI is InChI=1S/C17H22N2O2S/c1-5-19(9-14-7-6-8-22-14)10-15(21)17-11(2)16(13(4)20)12(3)18-17/h6-8,18H,5,9-10H2,1-4H3. The van der Waals surface area contributed by atoms with Crippen molar-refractivity contribution in [3.8, 4) is 0 Å². The molecular formula is C17H22N2O2S. The van der Waals surface area contributed by atoms with Crippen LogP contribution in [0.1, 0.15) is 50.8 Å². The highest BCUT2D eigenvalue weighted by molar-refractivity contribution is 7.09. The minimum Gasteiger partial charge on any atom is -0.355 e. The first-order valence-corrected chi connectivity index (χ1v) is 8.30. The van der Waals surface area contributed by atoms with Crippen LogP contribution in [0.15, 0.2) is 17.5 Å². The van der Waals surface area contributed by atoms with Gasteiger partial charge in [-0.1, -0.05) is 13.0 Å². The zero-order valence-electron chi connectivity index (χ0n) is 13.5. The van der Waals surface area contributed by atoms with Crippen LogP contribution in [0.4, 0.5) is 0 Å². The molecule has 2 aromatic rings. The van der Waals surface area contributed by atoms with Gasteiger partial charge in [0.1, 0.15) is 0 Å². The van der Waals surface area contributed by atoms with Crippen LogP contribution in [-0.4, -0.2) is 34.5 Å². The van der Waals surface area contributed by atoms with Crippen molar-refractivity contribution in [2.24, 2.45) is 0 Å². The fraction of sp³-hybridized carbons (Fsp3) is 0.412. The van der Waals surface area contributed by atoms with Gasteiger partial charge in [-0.3, -0.25) is 14.5 Å². The highest BCUT2D eigenvalue weighted by atomic mass is 32.1. The van der Waals surface area contributed by atoms with E-state index in [9.17, 15) is 9.59 Å². The number of likely N-dealkylation sites (N-methyl/N-ethyl adjacent to an activating group) is 1. The van der Waals surface area contributed by atoms with Crippen LogP contribution in [0.25, 0.3) is 0 Å². The Hall–Kier alpha value is -1.72. The fourth-order valence-electron chi connectivity index (χ4n) is 2.74. The van der Waals surface area contributed by atoms with Crippen molar-refractivity contribution in [1.82, 2.24) is 9.88 Å². The summed E-state index contributed by atoms with van der Waals surface area (Å²) in [4.78, 5) is 30.7. The fourth-order valence-corrected chi connectivity index (χ4v) is 3.49. The van der Waals surface area contributed by atoms with Gasteiger partial charge in [0, 0.05) is 22.7 Å². The molecule has 0 unspecified atom stereocenters. The lowest BCUT2D eigenvalue weighted by Crippen LogP contribution is -2.29.